The first-order chi connectivity index (χ1) is 21.4. The van der Waals surface area contributed by atoms with Crippen LogP contribution >= 0.6 is 0 Å². The number of aliphatic hydroxyl groups excluding tert-OH is 9. The molecule has 0 radical (unpaired) electrons. The molecule has 15 unspecified atom stereocenters. The van der Waals surface area contributed by atoms with E-state index in [2.05, 4.69) is 12.2 Å². The zero-order valence-electron chi connectivity index (χ0n) is 25.6. The van der Waals surface area contributed by atoms with Crippen molar-refractivity contribution in [2.24, 2.45) is 0 Å². The number of nitrogens with one attached hydrogen (secondary N) is 1. The van der Waals surface area contributed by atoms with Gasteiger partial charge < -0.3 is 79.7 Å². The summed E-state index contributed by atoms with van der Waals surface area (Å²) in [5.41, 5.74) is 0. The zero-order valence-corrected chi connectivity index (χ0v) is 25.6. The molecule has 0 aliphatic carbocycles. The van der Waals surface area contributed by atoms with E-state index in [-0.39, 0.29) is 6.61 Å². The van der Waals surface area contributed by atoms with Crippen LogP contribution in [0.1, 0.15) is 52.4 Å². The van der Waals surface area contributed by atoms with Crippen LogP contribution in [0.2, 0.25) is 0 Å². The lowest BCUT2D eigenvalue weighted by molar-refractivity contribution is -0.363. The maximum atomic E-state index is 11.8. The Morgan fingerprint density at radius 2 is 1.20 bits per heavy atom. The second-order valence-electron chi connectivity index (χ2n) is 11.7. The second kappa shape index (κ2) is 18.4. The molecule has 3 heterocycles. The quantitative estimate of drug-likeness (QED) is 0.0708. The molecule has 3 aliphatic heterocycles. The lowest BCUT2D eigenvalue weighted by atomic mass is 9.95. The first kappa shape index (κ1) is 38.3. The smallest absolute Gasteiger partial charge is 0.217 e. The molecule has 10 N–H and O–H groups in total. The number of unbranched alkanes of at least 4 members (excludes halogenated alkanes) is 5. The van der Waals surface area contributed by atoms with E-state index in [4.69, 9.17) is 28.4 Å². The third kappa shape index (κ3) is 9.94. The Balaban J connectivity index is 1.70. The lowest BCUT2D eigenvalue weighted by Gasteiger charge is -2.47. The Labute approximate surface area is 261 Å². The number of amides is 1. The van der Waals surface area contributed by atoms with Crippen LogP contribution in [0.15, 0.2) is 0 Å². The number of aliphatic hydroxyl groups is 9. The van der Waals surface area contributed by atoms with Crippen molar-refractivity contribution in [2.45, 2.75) is 144 Å². The lowest BCUT2D eigenvalue weighted by Crippen LogP contribution is -2.67. The molecule has 0 saturated carbocycles. The Kier molecular flexibility index (Phi) is 15.7. The van der Waals surface area contributed by atoms with Gasteiger partial charge in [-0.2, -0.15) is 0 Å². The van der Waals surface area contributed by atoms with Gasteiger partial charge in [-0.25, -0.2) is 0 Å². The van der Waals surface area contributed by atoms with E-state index in [1.165, 1.54) is 0 Å². The molecule has 0 aromatic rings. The average Bonchev–Trinajstić information content (AvgIpc) is 3.02. The SMILES string of the molecule is CCCCCCCCOC1OC(COC2OC(CO)C(O)C(O)C2OC2OC(CO)C(O)C(O)C2NC(C)=O)C(O)C(O)C1O. The van der Waals surface area contributed by atoms with Crippen molar-refractivity contribution in [2.75, 3.05) is 26.4 Å². The van der Waals surface area contributed by atoms with Crippen LogP contribution in [0.3, 0.4) is 0 Å². The van der Waals surface area contributed by atoms with Gasteiger partial charge >= 0.3 is 0 Å². The molecule has 45 heavy (non-hydrogen) atoms. The minimum absolute atomic E-state index is 0.236. The third-order valence-corrected chi connectivity index (χ3v) is 8.24. The molecule has 3 rings (SSSR count). The van der Waals surface area contributed by atoms with E-state index >= 15 is 0 Å². The van der Waals surface area contributed by atoms with Crippen LogP contribution in [0.4, 0.5) is 0 Å². The van der Waals surface area contributed by atoms with Gasteiger partial charge in [0.1, 0.15) is 73.2 Å². The van der Waals surface area contributed by atoms with Crippen molar-refractivity contribution in [1.29, 1.82) is 0 Å². The van der Waals surface area contributed by atoms with Crippen LogP contribution in [-0.4, -0.2) is 170 Å². The van der Waals surface area contributed by atoms with Crippen molar-refractivity contribution >= 4 is 5.91 Å². The van der Waals surface area contributed by atoms with Crippen LogP contribution in [0.25, 0.3) is 0 Å². The van der Waals surface area contributed by atoms with Crippen molar-refractivity contribution in [3.8, 4) is 0 Å². The van der Waals surface area contributed by atoms with Gasteiger partial charge in [-0.1, -0.05) is 39.0 Å². The van der Waals surface area contributed by atoms with Gasteiger partial charge in [0.2, 0.25) is 5.91 Å². The normalized spacial score (nSPS) is 42.4. The number of ether oxygens (including phenoxy) is 6. The Bertz CT molecular complexity index is 872. The molecule has 3 saturated heterocycles. The highest BCUT2D eigenvalue weighted by Crippen LogP contribution is 2.31. The molecule has 1 amide bonds. The highest BCUT2D eigenvalue weighted by molar-refractivity contribution is 5.73. The summed E-state index contributed by atoms with van der Waals surface area (Å²) in [7, 11) is 0. The molecule has 0 aromatic carbocycles. The second-order valence-corrected chi connectivity index (χ2v) is 11.7. The molecule has 0 aromatic heterocycles. The Morgan fingerprint density at radius 1 is 0.644 bits per heavy atom. The largest absolute Gasteiger partial charge is 0.394 e. The minimum atomic E-state index is -1.79. The van der Waals surface area contributed by atoms with Crippen molar-refractivity contribution in [3.05, 3.63) is 0 Å². The first-order valence-corrected chi connectivity index (χ1v) is 15.5. The summed E-state index contributed by atoms with van der Waals surface area (Å²) in [6.07, 6.45) is -15.7. The van der Waals surface area contributed by atoms with Crippen LogP contribution in [0, 0.1) is 0 Å². The molecule has 3 aliphatic rings. The number of carbonyl (C=O) groups is 1. The fourth-order valence-corrected chi connectivity index (χ4v) is 5.54. The molecular weight excluding hydrogens is 606 g/mol. The molecular formula is C28H51NO16. The first-order valence-electron chi connectivity index (χ1n) is 15.5. The minimum Gasteiger partial charge on any atom is -0.394 e. The van der Waals surface area contributed by atoms with Crippen LogP contribution in [-0.2, 0) is 33.2 Å². The monoisotopic (exact) mass is 657 g/mol. The number of hydrogen-bond acceptors (Lipinski definition) is 16. The molecule has 17 heteroatoms. The van der Waals surface area contributed by atoms with E-state index in [0.29, 0.717) is 6.42 Å². The maximum absolute atomic E-state index is 11.8. The van der Waals surface area contributed by atoms with E-state index in [1.807, 2.05) is 0 Å². The van der Waals surface area contributed by atoms with Crippen LogP contribution < -0.4 is 5.32 Å². The zero-order chi connectivity index (χ0) is 33.3. The summed E-state index contributed by atoms with van der Waals surface area (Å²) in [6.45, 7) is 1.50. The molecule has 0 spiro atoms. The predicted molar refractivity (Wildman–Crippen MR) is 150 cm³/mol. The fourth-order valence-electron chi connectivity index (χ4n) is 5.54. The van der Waals surface area contributed by atoms with Crippen LogP contribution in [0.5, 0.6) is 0 Å². The standard InChI is InChI=1S/C28H51NO16/c1-3-4-5-6-7-8-9-40-27-24(39)22(37)20(35)16(44-27)12-41-28-25(23(38)19(34)15(11-31)43-28)45-26-17(29-13(2)32)21(36)18(33)14(10-30)42-26/h14-28,30-31,33-39H,3-12H2,1-2H3,(H,29,32). The third-order valence-electron chi connectivity index (χ3n) is 8.24. The average molecular weight is 658 g/mol. The van der Waals surface area contributed by atoms with Gasteiger partial charge in [0, 0.05) is 13.5 Å². The number of rotatable bonds is 16. The molecule has 15 atom stereocenters. The fraction of sp³-hybridized carbons (Fsp3) is 0.964. The number of carbonyl (C=O) groups excluding carboxylic acids is 1. The van der Waals surface area contributed by atoms with Crippen molar-refractivity contribution in [1.82, 2.24) is 5.32 Å². The summed E-state index contributed by atoms with van der Waals surface area (Å²) in [5.74, 6) is -0.628. The highest BCUT2D eigenvalue weighted by Gasteiger charge is 2.52. The van der Waals surface area contributed by atoms with E-state index < -0.39 is 118 Å². The Hall–Kier alpha value is -1.13. The highest BCUT2D eigenvalue weighted by atomic mass is 16.8. The van der Waals surface area contributed by atoms with Gasteiger partial charge in [-0.15, -0.1) is 0 Å². The van der Waals surface area contributed by atoms with E-state index in [0.717, 1.165) is 39.0 Å². The predicted octanol–water partition coefficient (Wildman–Crippen LogP) is -4.04. The van der Waals surface area contributed by atoms with E-state index in [1.54, 1.807) is 0 Å². The van der Waals surface area contributed by atoms with Crippen molar-refractivity contribution < 1.29 is 79.2 Å². The van der Waals surface area contributed by atoms with Gasteiger partial charge in [0.25, 0.3) is 0 Å². The summed E-state index contributed by atoms with van der Waals surface area (Å²) in [4.78, 5) is 11.8. The topological polar surface area (TPSA) is 267 Å². The van der Waals surface area contributed by atoms with Gasteiger partial charge in [-0.05, 0) is 6.42 Å². The summed E-state index contributed by atoms with van der Waals surface area (Å²) in [5, 5.41) is 95.5. The molecule has 3 fully saturated rings. The summed E-state index contributed by atoms with van der Waals surface area (Å²) >= 11 is 0. The molecule has 17 nitrogen and oxygen atoms in total. The molecule has 0 bridgehead atoms. The summed E-state index contributed by atoms with van der Waals surface area (Å²) in [6, 6.07) is -1.40. The summed E-state index contributed by atoms with van der Waals surface area (Å²) < 4.78 is 34.1. The van der Waals surface area contributed by atoms with Gasteiger partial charge in [-0.3, -0.25) is 4.79 Å². The van der Waals surface area contributed by atoms with Gasteiger partial charge in [0.15, 0.2) is 18.9 Å². The Morgan fingerprint density at radius 3 is 1.82 bits per heavy atom. The molecule has 264 valence electrons. The van der Waals surface area contributed by atoms with Gasteiger partial charge in [0.05, 0.1) is 19.8 Å². The maximum Gasteiger partial charge on any atom is 0.217 e. The van der Waals surface area contributed by atoms with E-state index in [9.17, 15) is 50.8 Å². The van der Waals surface area contributed by atoms with Crippen molar-refractivity contribution in [3.63, 3.8) is 0 Å². The number of hydrogen-bond donors (Lipinski definition) is 10.